The molecule has 0 atom stereocenters. The van der Waals surface area contributed by atoms with Gasteiger partial charge in [-0.3, -0.25) is 0 Å². The molecule has 1 aliphatic heterocycles. The topological polar surface area (TPSA) is 6.48 Å². The molecular weight excluding hydrogens is 797 g/mol. The Balaban J connectivity index is 1.05. The second-order valence-corrected chi connectivity index (χ2v) is 18.5. The summed E-state index contributed by atoms with van der Waals surface area (Å²) in [6, 6.07) is 90.1. The number of hydrogen-bond acceptors (Lipinski definition) is 2. The quantitative estimate of drug-likeness (QED) is 0.165. The molecule has 0 radical (unpaired) electrons. The van der Waals surface area contributed by atoms with Gasteiger partial charge in [-0.2, -0.15) is 0 Å². The van der Waals surface area contributed by atoms with Gasteiger partial charge in [-0.05, 0) is 145 Å². The molecule has 10 aromatic rings. The van der Waals surface area contributed by atoms with Crippen LogP contribution in [-0.4, -0.2) is 0 Å². The average Bonchev–Trinajstić information content (AvgIpc) is 3.79. The fraction of sp³-hybridized carbons (Fsp3) is 0.0625. The van der Waals surface area contributed by atoms with Crippen LogP contribution in [0.5, 0.6) is 0 Å². The van der Waals surface area contributed by atoms with Gasteiger partial charge in [0.15, 0.2) is 0 Å². The SMILES string of the molecule is CC1(C)c2ccccc2-c2ccc(N(c3cccc(-c4cccc(-c5ccccc5)c4)c3)c3ccc4c(c3)C3(c5ccccc5-4)c4ccccc4N(c4ccccc4)c4ccccc43)cc21. The van der Waals surface area contributed by atoms with E-state index in [4.69, 9.17) is 0 Å². The normalized spacial score (nSPS) is 14.1. The van der Waals surface area contributed by atoms with E-state index in [-0.39, 0.29) is 5.41 Å². The fourth-order valence-electron chi connectivity index (χ4n) is 11.7. The number of para-hydroxylation sites is 3. The summed E-state index contributed by atoms with van der Waals surface area (Å²) in [4.78, 5) is 4.95. The number of nitrogens with zero attached hydrogens (tertiary/aromatic N) is 2. The molecule has 0 unspecified atom stereocenters. The third kappa shape index (κ3) is 5.55. The highest BCUT2D eigenvalue weighted by molar-refractivity contribution is 5.97. The second kappa shape index (κ2) is 14.7. The van der Waals surface area contributed by atoms with E-state index in [1.165, 1.54) is 89.3 Å². The zero-order valence-corrected chi connectivity index (χ0v) is 37.0. The molecule has 0 aromatic heterocycles. The van der Waals surface area contributed by atoms with Crippen molar-refractivity contribution in [3.05, 3.63) is 276 Å². The first-order chi connectivity index (χ1) is 32.5. The molecule has 0 bridgehead atoms. The maximum atomic E-state index is 2.51. The van der Waals surface area contributed by atoms with Crippen molar-refractivity contribution >= 4 is 34.1 Å². The van der Waals surface area contributed by atoms with Crippen LogP contribution in [0.4, 0.5) is 34.1 Å². The van der Waals surface area contributed by atoms with Crippen LogP contribution in [0.1, 0.15) is 47.2 Å². The number of rotatable bonds is 6. The molecule has 0 amide bonds. The predicted octanol–water partition coefficient (Wildman–Crippen LogP) is 16.9. The van der Waals surface area contributed by atoms with E-state index < -0.39 is 5.41 Å². The highest BCUT2D eigenvalue weighted by Gasteiger charge is 2.52. The van der Waals surface area contributed by atoms with Crippen molar-refractivity contribution in [1.29, 1.82) is 0 Å². The zero-order valence-electron chi connectivity index (χ0n) is 37.0. The zero-order chi connectivity index (χ0) is 44.0. The molecule has 0 saturated carbocycles. The molecule has 0 fully saturated rings. The lowest BCUT2D eigenvalue weighted by atomic mass is 9.64. The van der Waals surface area contributed by atoms with Gasteiger partial charge in [0.2, 0.25) is 0 Å². The molecular formula is C64H46N2. The highest BCUT2D eigenvalue weighted by Crippen LogP contribution is 2.64. The van der Waals surface area contributed by atoms with Gasteiger partial charge in [-0.25, -0.2) is 0 Å². The van der Waals surface area contributed by atoms with E-state index in [9.17, 15) is 0 Å². The summed E-state index contributed by atoms with van der Waals surface area (Å²) in [6.07, 6.45) is 0. The Bertz CT molecular complexity index is 3480. The van der Waals surface area contributed by atoms with Crippen LogP contribution in [0.25, 0.3) is 44.5 Å². The van der Waals surface area contributed by atoms with E-state index >= 15 is 0 Å². The maximum absolute atomic E-state index is 2.51. The van der Waals surface area contributed by atoms with Gasteiger partial charge in [0, 0.05) is 28.2 Å². The highest BCUT2D eigenvalue weighted by atomic mass is 15.2. The molecule has 1 heterocycles. The molecule has 13 rings (SSSR count). The molecule has 0 saturated heterocycles. The Morgan fingerprint density at radius 2 is 0.742 bits per heavy atom. The van der Waals surface area contributed by atoms with Gasteiger partial charge >= 0.3 is 0 Å². The average molecular weight is 843 g/mol. The molecule has 2 aliphatic carbocycles. The Morgan fingerprint density at radius 3 is 1.41 bits per heavy atom. The standard InChI is InChI=1S/C64H46N2/c1-63(2)55-29-11-9-27-51(55)53-37-35-49(41-59(53)63)65(48-26-18-23-46(40-48)45-22-17-21-44(39-45)43-19-5-3-6-20-43)50-36-38-54-52-28-10-12-30-56(52)64(60(54)42-50)57-31-13-15-33-61(57)66(47-24-7-4-8-25-47)62-34-16-14-32-58(62)64/h3-42H,1-2H3. The van der Waals surface area contributed by atoms with Crippen molar-refractivity contribution in [2.24, 2.45) is 0 Å². The summed E-state index contributed by atoms with van der Waals surface area (Å²) in [7, 11) is 0. The molecule has 10 aromatic carbocycles. The third-order valence-electron chi connectivity index (χ3n) is 14.6. The van der Waals surface area contributed by atoms with Crippen LogP contribution in [0.15, 0.2) is 243 Å². The van der Waals surface area contributed by atoms with Crippen LogP contribution in [0.3, 0.4) is 0 Å². The molecule has 66 heavy (non-hydrogen) atoms. The maximum Gasteiger partial charge on any atom is 0.0755 e. The number of benzene rings is 10. The molecule has 2 heteroatoms. The van der Waals surface area contributed by atoms with E-state index in [1.807, 2.05) is 0 Å². The van der Waals surface area contributed by atoms with Crippen LogP contribution in [-0.2, 0) is 10.8 Å². The summed E-state index contributed by atoms with van der Waals surface area (Å²) in [6.45, 7) is 4.75. The van der Waals surface area contributed by atoms with Crippen molar-refractivity contribution in [1.82, 2.24) is 0 Å². The van der Waals surface area contributed by atoms with Crippen molar-refractivity contribution in [3.8, 4) is 44.5 Å². The van der Waals surface area contributed by atoms with E-state index in [1.54, 1.807) is 0 Å². The predicted molar refractivity (Wildman–Crippen MR) is 275 cm³/mol. The molecule has 2 nitrogen and oxygen atoms in total. The lowest BCUT2D eigenvalue weighted by Crippen LogP contribution is -2.36. The molecule has 1 spiro atoms. The Labute approximate surface area is 387 Å². The van der Waals surface area contributed by atoms with Crippen LogP contribution >= 0.6 is 0 Å². The Hall–Kier alpha value is -8.20. The summed E-state index contributed by atoms with van der Waals surface area (Å²) in [5.41, 5.74) is 24.0. The van der Waals surface area contributed by atoms with E-state index in [2.05, 4.69) is 266 Å². The first-order valence-corrected chi connectivity index (χ1v) is 23.1. The lowest BCUT2D eigenvalue weighted by molar-refractivity contribution is 0.660. The Kier molecular flexibility index (Phi) is 8.51. The monoisotopic (exact) mass is 842 g/mol. The van der Waals surface area contributed by atoms with E-state index in [0.29, 0.717) is 0 Å². The van der Waals surface area contributed by atoms with Gasteiger partial charge in [0.25, 0.3) is 0 Å². The van der Waals surface area contributed by atoms with E-state index in [0.717, 1.165) is 22.7 Å². The Morgan fingerprint density at radius 1 is 0.303 bits per heavy atom. The van der Waals surface area contributed by atoms with Crippen molar-refractivity contribution < 1.29 is 0 Å². The van der Waals surface area contributed by atoms with Crippen molar-refractivity contribution in [3.63, 3.8) is 0 Å². The molecule has 312 valence electrons. The van der Waals surface area contributed by atoms with Crippen LogP contribution < -0.4 is 9.80 Å². The fourth-order valence-corrected chi connectivity index (χ4v) is 11.7. The number of hydrogen-bond donors (Lipinski definition) is 0. The summed E-state index contributed by atoms with van der Waals surface area (Å²) in [5.74, 6) is 0. The summed E-state index contributed by atoms with van der Waals surface area (Å²) in [5, 5.41) is 0. The number of anilines is 6. The minimum Gasteiger partial charge on any atom is -0.310 e. The summed E-state index contributed by atoms with van der Waals surface area (Å²) >= 11 is 0. The van der Waals surface area contributed by atoms with Gasteiger partial charge < -0.3 is 9.80 Å². The second-order valence-electron chi connectivity index (χ2n) is 18.5. The van der Waals surface area contributed by atoms with Crippen molar-refractivity contribution in [2.45, 2.75) is 24.7 Å². The van der Waals surface area contributed by atoms with Gasteiger partial charge in [0.05, 0.1) is 16.8 Å². The number of fused-ring (bicyclic) bond motifs is 12. The van der Waals surface area contributed by atoms with Crippen molar-refractivity contribution in [2.75, 3.05) is 9.80 Å². The minimum absolute atomic E-state index is 0.156. The van der Waals surface area contributed by atoms with Crippen LogP contribution in [0, 0.1) is 0 Å². The smallest absolute Gasteiger partial charge is 0.0755 e. The van der Waals surface area contributed by atoms with Gasteiger partial charge in [-0.1, -0.05) is 190 Å². The van der Waals surface area contributed by atoms with Gasteiger partial charge in [0.1, 0.15) is 0 Å². The lowest BCUT2D eigenvalue weighted by Gasteiger charge is -2.45. The molecule has 0 N–H and O–H groups in total. The van der Waals surface area contributed by atoms with Gasteiger partial charge in [-0.15, -0.1) is 0 Å². The molecule has 3 aliphatic rings. The minimum atomic E-state index is -0.576. The first kappa shape index (κ1) is 38.3. The van der Waals surface area contributed by atoms with Crippen LogP contribution in [0.2, 0.25) is 0 Å². The largest absolute Gasteiger partial charge is 0.310 e. The summed E-state index contributed by atoms with van der Waals surface area (Å²) < 4.78 is 0. The third-order valence-corrected chi connectivity index (χ3v) is 14.6. The first-order valence-electron chi connectivity index (χ1n) is 23.1.